The lowest BCUT2D eigenvalue weighted by molar-refractivity contribution is 0.0375. The van der Waals surface area contributed by atoms with Crippen molar-refractivity contribution in [3.63, 3.8) is 0 Å². The van der Waals surface area contributed by atoms with Crippen molar-refractivity contribution in [2.45, 2.75) is 58.8 Å². The third-order valence-corrected chi connectivity index (χ3v) is 6.86. The van der Waals surface area contributed by atoms with Gasteiger partial charge >= 0.3 is 0 Å². The van der Waals surface area contributed by atoms with Gasteiger partial charge in [0.15, 0.2) is 0 Å². The molecular weight excluding hydrogens is 274 g/mol. The monoisotopic (exact) mass is 301 g/mol. The molecule has 2 rings (SSSR count). The minimum atomic E-state index is 0.637. The molecule has 1 saturated heterocycles. The number of hydrogen-bond donors (Lipinski definition) is 0. The molecule has 0 unspecified atom stereocenters. The summed E-state index contributed by atoms with van der Waals surface area (Å²) < 4.78 is 0. The molecule has 0 radical (unpaired) electrons. The molecule has 2 aliphatic rings. The summed E-state index contributed by atoms with van der Waals surface area (Å²) in [5.41, 5.74) is 1.32. The minimum absolute atomic E-state index is 0.637. The highest BCUT2D eigenvalue weighted by molar-refractivity contribution is 9.09. The molecule has 0 aromatic rings. The quantitative estimate of drug-likeness (QED) is 0.678. The first-order valence-electron chi connectivity index (χ1n) is 7.46. The molecule has 1 heterocycles. The molecule has 100 valence electrons. The van der Waals surface area contributed by atoms with E-state index in [-0.39, 0.29) is 0 Å². The summed E-state index contributed by atoms with van der Waals surface area (Å²) in [5, 5.41) is 1.21. The summed E-state index contributed by atoms with van der Waals surface area (Å²) in [5.74, 6) is 0. The Hall–Kier alpha value is 0.440. The van der Waals surface area contributed by atoms with Gasteiger partial charge in [-0.15, -0.1) is 0 Å². The third kappa shape index (κ3) is 2.89. The molecule has 0 atom stereocenters. The Morgan fingerprint density at radius 3 is 1.88 bits per heavy atom. The highest BCUT2D eigenvalue weighted by Gasteiger charge is 2.39. The number of halogens is 1. The van der Waals surface area contributed by atoms with Crippen molar-refractivity contribution in [2.24, 2.45) is 10.8 Å². The second-order valence-corrected chi connectivity index (χ2v) is 7.03. The summed E-state index contributed by atoms with van der Waals surface area (Å²) >= 11 is 3.73. The molecule has 1 nitrogen and oxygen atoms in total. The molecule has 1 saturated carbocycles. The smallest absolute Gasteiger partial charge is 0.0100 e. The summed E-state index contributed by atoms with van der Waals surface area (Å²) in [7, 11) is 0. The van der Waals surface area contributed by atoms with Gasteiger partial charge in [-0.1, -0.05) is 49.0 Å². The van der Waals surface area contributed by atoms with Crippen LogP contribution in [0.1, 0.15) is 58.8 Å². The average molecular weight is 302 g/mol. The maximum atomic E-state index is 3.73. The molecule has 1 aliphatic heterocycles. The van der Waals surface area contributed by atoms with Crippen LogP contribution in [0, 0.1) is 10.8 Å². The predicted molar refractivity (Wildman–Crippen MR) is 78.8 cm³/mol. The zero-order valence-corrected chi connectivity index (χ0v) is 13.2. The second kappa shape index (κ2) is 5.61. The molecule has 2 fully saturated rings. The molecule has 17 heavy (non-hydrogen) atoms. The van der Waals surface area contributed by atoms with Crippen molar-refractivity contribution in [3.8, 4) is 0 Å². The summed E-state index contributed by atoms with van der Waals surface area (Å²) in [6.07, 6.45) is 9.95. The first-order valence-corrected chi connectivity index (χ1v) is 8.58. The Labute approximate surface area is 115 Å². The first kappa shape index (κ1) is 13.9. The molecule has 0 N–H and O–H groups in total. The van der Waals surface area contributed by atoms with Gasteiger partial charge in [0.2, 0.25) is 0 Å². The number of hydrogen-bond acceptors (Lipinski definition) is 1. The van der Waals surface area contributed by atoms with Crippen LogP contribution >= 0.6 is 15.9 Å². The van der Waals surface area contributed by atoms with E-state index in [2.05, 4.69) is 34.7 Å². The minimum Gasteiger partial charge on any atom is -0.303 e. The van der Waals surface area contributed by atoms with Crippen molar-refractivity contribution in [1.82, 2.24) is 4.90 Å². The lowest BCUT2D eigenvalue weighted by Crippen LogP contribution is -2.48. The van der Waals surface area contributed by atoms with E-state index in [1.807, 2.05) is 0 Å². The van der Waals surface area contributed by atoms with Gasteiger partial charge in [-0.05, 0) is 49.6 Å². The van der Waals surface area contributed by atoms with Crippen LogP contribution in [-0.2, 0) is 0 Å². The fraction of sp³-hybridized carbons (Fsp3) is 1.00. The van der Waals surface area contributed by atoms with Gasteiger partial charge in [0.1, 0.15) is 0 Å². The molecule has 0 spiro atoms. The molecule has 1 aliphatic carbocycles. The van der Waals surface area contributed by atoms with Crippen LogP contribution in [0.15, 0.2) is 0 Å². The fourth-order valence-electron chi connectivity index (χ4n) is 3.63. The van der Waals surface area contributed by atoms with E-state index in [1.54, 1.807) is 0 Å². The van der Waals surface area contributed by atoms with Crippen molar-refractivity contribution in [3.05, 3.63) is 0 Å². The number of nitrogens with zero attached hydrogens (tertiary/aromatic N) is 1. The highest BCUT2D eigenvalue weighted by atomic mass is 79.9. The first-order chi connectivity index (χ1) is 8.17. The summed E-state index contributed by atoms with van der Waals surface area (Å²) in [4.78, 5) is 2.74. The second-order valence-electron chi connectivity index (χ2n) is 6.47. The predicted octanol–water partition coefficient (Wildman–Crippen LogP) is 4.45. The van der Waals surface area contributed by atoms with E-state index in [9.17, 15) is 0 Å². The van der Waals surface area contributed by atoms with Gasteiger partial charge in [-0.25, -0.2) is 0 Å². The Balaban J connectivity index is 1.83. The van der Waals surface area contributed by atoms with E-state index in [1.165, 1.54) is 69.9 Å². The Bertz CT molecular complexity index is 228. The highest BCUT2D eigenvalue weighted by Crippen LogP contribution is 2.45. The molecule has 0 aromatic carbocycles. The normalized spacial score (nSPS) is 27.7. The molecule has 0 amide bonds. The largest absolute Gasteiger partial charge is 0.303 e. The van der Waals surface area contributed by atoms with Crippen molar-refractivity contribution < 1.29 is 0 Å². The number of piperidine rings is 1. The van der Waals surface area contributed by atoms with Gasteiger partial charge in [0, 0.05) is 11.9 Å². The van der Waals surface area contributed by atoms with Crippen LogP contribution < -0.4 is 0 Å². The topological polar surface area (TPSA) is 3.24 Å². The Kier molecular flexibility index (Phi) is 4.57. The summed E-state index contributed by atoms with van der Waals surface area (Å²) in [6, 6.07) is 0. The number of likely N-dealkylation sites (tertiary alicyclic amines) is 1. The van der Waals surface area contributed by atoms with E-state index in [0.29, 0.717) is 10.8 Å². The lowest BCUT2D eigenvalue weighted by Gasteiger charge is -2.48. The average Bonchev–Trinajstić information content (AvgIpc) is 2.35. The Morgan fingerprint density at radius 1 is 0.941 bits per heavy atom. The van der Waals surface area contributed by atoms with Crippen LogP contribution in [0.3, 0.4) is 0 Å². The van der Waals surface area contributed by atoms with Gasteiger partial charge in [-0.3, -0.25) is 0 Å². The SMILES string of the molecule is CCC1(CC)CCN(CC2(CBr)CCC2)CC1. The van der Waals surface area contributed by atoms with Crippen LogP contribution in [-0.4, -0.2) is 29.9 Å². The standard InChI is InChI=1S/C15H28BrN/c1-3-14(4-2)8-10-17(11-9-14)13-15(12-16)6-5-7-15/h3-13H2,1-2H3. The van der Waals surface area contributed by atoms with Crippen LogP contribution in [0.4, 0.5) is 0 Å². The van der Waals surface area contributed by atoms with Gasteiger partial charge in [0.25, 0.3) is 0 Å². The van der Waals surface area contributed by atoms with E-state index >= 15 is 0 Å². The zero-order chi connectivity index (χ0) is 12.4. The Morgan fingerprint density at radius 2 is 1.53 bits per heavy atom. The van der Waals surface area contributed by atoms with Gasteiger partial charge in [0.05, 0.1) is 0 Å². The van der Waals surface area contributed by atoms with E-state index < -0.39 is 0 Å². The zero-order valence-electron chi connectivity index (χ0n) is 11.6. The fourth-order valence-corrected chi connectivity index (χ4v) is 4.37. The molecule has 2 heteroatoms. The van der Waals surface area contributed by atoms with Crippen LogP contribution in [0.2, 0.25) is 0 Å². The van der Waals surface area contributed by atoms with Crippen molar-refractivity contribution in [1.29, 1.82) is 0 Å². The van der Waals surface area contributed by atoms with Gasteiger partial charge < -0.3 is 4.90 Å². The maximum Gasteiger partial charge on any atom is 0.0100 e. The van der Waals surface area contributed by atoms with E-state index in [0.717, 1.165) is 0 Å². The van der Waals surface area contributed by atoms with Crippen molar-refractivity contribution >= 4 is 15.9 Å². The van der Waals surface area contributed by atoms with Crippen LogP contribution in [0.25, 0.3) is 0 Å². The summed E-state index contributed by atoms with van der Waals surface area (Å²) in [6.45, 7) is 8.80. The maximum absolute atomic E-state index is 3.73. The van der Waals surface area contributed by atoms with Gasteiger partial charge in [-0.2, -0.15) is 0 Å². The number of rotatable bonds is 5. The molecule has 0 bridgehead atoms. The van der Waals surface area contributed by atoms with E-state index in [4.69, 9.17) is 0 Å². The number of alkyl halides is 1. The molecular formula is C15H28BrN. The van der Waals surface area contributed by atoms with Crippen LogP contribution in [0.5, 0.6) is 0 Å². The lowest BCUT2D eigenvalue weighted by atomic mass is 9.69. The van der Waals surface area contributed by atoms with Crippen molar-refractivity contribution in [2.75, 3.05) is 25.0 Å². The molecule has 0 aromatic heterocycles. The third-order valence-electron chi connectivity index (χ3n) is 5.67.